The second-order valence-electron chi connectivity index (χ2n) is 5.32. The molecule has 0 radical (unpaired) electrons. The molecule has 6 heteroatoms. The second-order valence-corrected chi connectivity index (χ2v) is 5.32. The third kappa shape index (κ3) is 1.86. The number of carboxylic acids is 1. The van der Waals surface area contributed by atoms with Crippen LogP contribution in [0.15, 0.2) is 52.9 Å². The number of methoxy groups -OCH3 is 1. The number of aromatic hydroxyl groups is 1. The lowest BCUT2D eigenvalue weighted by molar-refractivity contribution is 0.0660. The molecule has 0 atom stereocenters. The minimum atomic E-state index is -1.32. The SMILES string of the molecule is COc1ccc2c(c1)c1oc(C(=O)O)c(O)c1n2-c1ccccc1. The van der Waals surface area contributed by atoms with Gasteiger partial charge < -0.3 is 23.9 Å². The van der Waals surface area contributed by atoms with Crippen molar-refractivity contribution in [1.29, 1.82) is 0 Å². The Morgan fingerprint density at radius 1 is 1.17 bits per heavy atom. The number of rotatable bonds is 3. The van der Waals surface area contributed by atoms with Gasteiger partial charge in [-0.15, -0.1) is 0 Å². The van der Waals surface area contributed by atoms with E-state index in [1.54, 1.807) is 23.8 Å². The van der Waals surface area contributed by atoms with E-state index in [2.05, 4.69) is 0 Å². The Balaban J connectivity index is 2.20. The average Bonchev–Trinajstić information content (AvgIpc) is 3.10. The molecule has 0 saturated carbocycles. The molecule has 0 unspecified atom stereocenters. The Labute approximate surface area is 136 Å². The predicted octanol–water partition coefficient (Wildman–Crippen LogP) is 3.79. The number of aromatic carboxylic acids is 1. The third-order valence-electron chi connectivity index (χ3n) is 3.98. The normalized spacial score (nSPS) is 11.2. The van der Waals surface area contributed by atoms with Gasteiger partial charge in [0.15, 0.2) is 11.3 Å². The fourth-order valence-electron chi connectivity index (χ4n) is 2.93. The summed E-state index contributed by atoms with van der Waals surface area (Å²) in [4.78, 5) is 11.3. The van der Waals surface area contributed by atoms with Crippen molar-refractivity contribution in [2.24, 2.45) is 0 Å². The summed E-state index contributed by atoms with van der Waals surface area (Å²) in [5.74, 6) is -1.58. The van der Waals surface area contributed by atoms with Crippen molar-refractivity contribution in [1.82, 2.24) is 4.57 Å². The molecule has 0 spiro atoms. The summed E-state index contributed by atoms with van der Waals surface area (Å²) in [5, 5.41) is 20.3. The van der Waals surface area contributed by atoms with Gasteiger partial charge in [0.1, 0.15) is 11.3 Å². The van der Waals surface area contributed by atoms with Gasteiger partial charge in [-0.2, -0.15) is 0 Å². The van der Waals surface area contributed by atoms with Gasteiger partial charge in [0.2, 0.25) is 0 Å². The highest BCUT2D eigenvalue weighted by Gasteiger charge is 2.26. The summed E-state index contributed by atoms with van der Waals surface area (Å²) in [6.45, 7) is 0. The lowest BCUT2D eigenvalue weighted by Crippen LogP contribution is -1.96. The number of carbonyl (C=O) groups is 1. The lowest BCUT2D eigenvalue weighted by Gasteiger charge is -2.07. The molecule has 0 amide bonds. The van der Waals surface area contributed by atoms with Crippen molar-refractivity contribution in [3.8, 4) is 17.2 Å². The van der Waals surface area contributed by atoms with E-state index in [1.165, 1.54) is 0 Å². The van der Waals surface area contributed by atoms with E-state index in [4.69, 9.17) is 9.15 Å². The monoisotopic (exact) mass is 323 g/mol. The molecule has 2 aromatic heterocycles. The van der Waals surface area contributed by atoms with Crippen LogP contribution in [0.2, 0.25) is 0 Å². The first-order valence-corrected chi connectivity index (χ1v) is 7.24. The van der Waals surface area contributed by atoms with Gasteiger partial charge in [-0.05, 0) is 30.3 Å². The zero-order valence-corrected chi connectivity index (χ0v) is 12.7. The molecule has 24 heavy (non-hydrogen) atoms. The minimum Gasteiger partial charge on any atom is -0.503 e. The Kier molecular flexibility index (Phi) is 2.99. The molecule has 0 saturated heterocycles. The Morgan fingerprint density at radius 3 is 2.58 bits per heavy atom. The van der Waals surface area contributed by atoms with Gasteiger partial charge >= 0.3 is 5.97 Å². The molecule has 0 aliphatic carbocycles. The second kappa shape index (κ2) is 5.06. The summed E-state index contributed by atoms with van der Waals surface area (Å²) in [6, 6.07) is 14.8. The Bertz CT molecular complexity index is 1080. The summed E-state index contributed by atoms with van der Waals surface area (Å²) in [7, 11) is 1.55. The van der Waals surface area contributed by atoms with Gasteiger partial charge in [0, 0.05) is 11.1 Å². The molecule has 0 fully saturated rings. The summed E-state index contributed by atoms with van der Waals surface area (Å²) < 4.78 is 12.5. The number of para-hydroxylation sites is 1. The van der Waals surface area contributed by atoms with Crippen molar-refractivity contribution in [3.63, 3.8) is 0 Å². The first-order chi connectivity index (χ1) is 11.6. The summed E-state index contributed by atoms with van der Waals surface area (Å²) in [6.07, 6.45) is 0. The standard InChI is InChI=1S/C18H13NO5/c1-23-11-7-8-13-12(9-11)16-14(15(20)17(24-16)18(21)22)19(13)10-5-3-2-4-6-10/h2-9,20H,1H3,(H,21,22). The van der Waals surface area contributed by atoms with Gasteiger partial charge in [-0.3, -0.25) is 0 Å². The third-order valence-corrected chi connectivity index (χ3v) is 3.98. The van der Waals surface area contributed by atoms with Gasteiger partial charge in [-0.25, -0.2) is 4.79 Å². The number of fused-ring (bicyclic) bond motifs is 3. The van der Waals surface area contributed by atoms with Crippen molar-refractivity contribution in [3.05, 3.63) is 54.3 Å². The predicted molar refractivity (Wildman–Crippen MR) is 88.2 cm³/mol. The molecule has 6 nitrogen and oxygen atoms in total. The van der Waals surface area contributed by atoms with Crippen LogP contribution in [0.3, 0.4) is 0 Å². The van der Waals surface area contributed by atoms with Crippen molar-refractivity contribution >= 4 is 28.0 Å². The zero-order chi connectivity index (χ0) is 16.8. The van der Waals surface area contributed by atoms with Gasteiger partial charge in [-0.1, -0.05) is 18.2 Å². The topological polar surface area (TPSA) is 84.8 Å². The highest BCUT2D eigenvalue weighted by Crippen LogP contribution is 2.41. The molecular formula is C18H13NO5. The molecule has 0 aliphatic heterocycles. The molecule has 4 rings (SSSR count). The van der Waals surface area contributed by atoms with E-state index < -0.39 is 17.5 Å². The molecule has 4 aromatic rings. The van der Waals surface area contributed by atoms with E-state index >= 15 is 0 Å². The van der Waals surface area contributed by atoms with E-state index in [0.717, 1.165) is 11.2 Å². The van der Waals surface area contributed by atoms with Crippen molar-refractivity contribution < 1.29 is 24.2 Å². The molecule has 2 heterocycles. The highest BCUT2D eigenvalue weighted by molar-refractivity contribution is 6.11. The fourth-order valence-corrected chi connectivity index (χ4v) is 2.93. The lowest BCUT2D eigenvalue weighted by atomic mass is 10.2. The van der Waals surface area contributed by atoms with Crippen molar-refractivity contribution in [2.75, 3.05) is 7.11 Å². The van der Waals surface area contributed by atoms with Crippen LogP contribution in [0.1, 0.15) is 10.6 Å². The van der Waals surface area contributed by atoms with Crippen LogP contribution in [0.25, 0.3) is 27.7 Å². The molecule has 0 bridgehead atoms. The first kappa shape index (κ1) is 14.2. The van der Waals surface area contributed by atoms with E-state index in [9.17, 15) is 15.0 Å². The zero-order valence-electron chi connectivity index (χ0n) is 12.7. The number of nitrogens with zero attached hydrogens (tertiary/aromatic N) is 1. The largest absolute Gasteiger partial charge is 0.503 e. The van der Waals surface area contributed by atoms with Crippen LogP contribution in [0.4, 0.5) is 0 Å². The van der Waals surface area contributed by atoms with Crippen LogP contribution in [-0.2, 0) is 0 Å². The number of ether oxygens (including phenoxy) is 1. The first-order valence-electron chi connectivity index (χ1n) is 7.24. The van der Waals surface area contributed by atoms with Crippen LogP contribution < -0.4 is 4.74 Å². The maximum absolute atomic E-state index is 11.3. The summed E-state index contributed by atoms with van der Waals surface area (Å²) >= 11 is 0. The van der Waals surface area contributed by atoms with Crippen LogP contribution in [0.5, 0.6) is 11.5 Å². The quantitative estimate of drug-likeness (QED) is 0.599. The van der Waals surface area contributed by atoms with Crippen LogP contribution >= 0.6 is 0 Å². The number of aromatic nitrogens is 1. The molecule has 2 N–H and O–H groups in total. The number of hydrogen-bond acceptors (Lipinski definition) is 4. The van der Waals surface area contributed by atoms with E-state index in [-0.39, 0.29) is 0 Å². The van der Waals surface area contributed by atoms with Gasteiger partial charge in [0.05, 0.1) is 12.6 Å². The molecule has 120 valence electrons. The van der Waals surface area contributed by atoms with Gasteiger partial charge in [0.25, 0.3) is 5.76 Å². The maximum Gasteiger partial charge on any atom is 0.375 e. The fraction of sp³-hybridized carbons (Fsp3) is 0.0556. The van der Waals surface area contributed by atoms with E-state index in [1.807, 2.05) is 36.4 Å². The van der Waals surface area contributed by atoms with Crippen LogP contribution in [-0.4, -0.2) is 27.9 Å². The molecule has 0 aliphatic rings. The minimum absolute atomic E-state index is 0.308. The highest BCUT2D eigenvalue weighted by atomic mass is 16.5. The number of benzene rings is 2. The van der Waals surface area contributed by atoms with Crippen LogP contribution in [0, 0.1) is 0 Å². The maximum atomic E-state index is 11.3. The number of furan rings is 1. The smallest absolute Gasteiger partial charge is 0.375 e. The molecule has 2 aromatic carbocycles. The molecular weight excluding hydrogens is 310 g/mol. The number of hydrogen-bond donors (Lipinski definition) is 2. The average molecular weight is 323 g/mol. The Hall–Kier alpha value is -3.41. The Morgan fingerprint density at radius 2 is 1.92 bits per heavy atom. The number of carboxylic acid groups (broad SMARTS) is 1. The summed E-state index contributed by atoms with van der Waals surface area (Å²) in [5.41, 5.74) is 2.20. The van der Waals surface area contributed by atoms with E-state index in [0.29, 0.717) is 22.2 Å². The van der Waals surface area contributed by atoms with Crippen molar-refractivity contribution in [2.45, 2.75) is 0 Å².